The van der Waals surface area contributed by atoms with Gasteiger partial charge in [-0.2, -0.15) is 0 Å². The highest BCUT2D eigenvalue weighted by atomic mass is 79.9. The van der Waals surface area contributed by atoms with Crippen molar-refractivity contribution in [2.24, 2.45) is 0 Å². The summed E-state index contributed by atoms with van der Waals surface area (Å²) in [6.07, 6.45) is 1.99. The molecule has 1 heteroatoms. The van der Waals surface area contributed by atoms with Crippen molar-refractivity contribution in [1.29, 1.82) is 0 Å². The lowest BCUT2D eigenvalue weighted by molar-refractivity contribution is 1.10. The van der Waals surface area contributed by atoms with E-state index in [9.17, 15) is 0 Å². The summed E-state index contributed by atoms with van der Waals surface area (Å²) in [5.74, 6) is 6.39. The molecule has 0 saturated carbocycles. The average molecular weight is 263 g/mol. The van der Waals surface area contributed by atoms with Crippen molar-refractivity contribution in [1.82, 2.24) is 0 Å². The van der Waals surface area contributed by atoms with Crippen molar-refractivity contribution >= 4 is 15.9 Å². The summed E-state index contributed by atoms with van der Waals surface area (Å²) in [6.45, 7) is 4.26. The number of allylic oxidation sites excluding steroid dienone is 2. The van der Waals surface area contributed by atoms with Crippen LogP contribution in [0.15, 0.2) is 40.4 Å². The zero-order valence-corrected chi connectivity index (χ0v) is 10.8. The molecule has 0 nitrogen and oxygen atoms in total. The van der Waals surface area contributed by atoms with Crippen molar-refractivity contribution in [2.75, 3.05) is 0 Å². The van der Waals surface area contributed by atoms with E-state index in [1.165, 1.54) is 10.1 Å². The molecule has 1 aromatic carbocycles. The summed E-state index contributed by atoms with van der Waals surface area (Å²) >= 11 is 3.55. The highest BCUT2D eigenvalue weighted by Crippen LogP contribution is 2.17. The van der Waals surface area contributed by atoms with E-state index in [1.807, 2.05) is 30.3 Å². The minimum Gasteiger partial charge on any atom is -0.0653 e. The normalized spacial score (nSPS) is 11.4. The maximum absolute atomic E-state index is 3.55. The molecule has 0 saturated heterocycles. The molecule has 0 fully saturated rings. The smallest absolute Gasteiger partial charge is 0.0248 e. The summed E-state index contributed by atoms with van der Waals surface area (Å²) in [4.78, 5) is 0. The number of benzene rings is 1. The number of halogens is 1. The van der Waals surface area contributed by atoms with E-state index in [4.69, 9.17) is 0 Å². The largest absolute Gasteiger partial charge is 0.0653 e. The summed E-state index contributed by atoms with van der Waals surface area (Å²) in [5, 5.41) is 0. The van der Waals surface area contributed by atoms with Gasteiger partial charge in [0.25, 0.3) is 0 Å². The summed E-state index contributed by atoms with van der Waals surface area (Å²) in [7, 11) is 0. The Morgan fingerprint density at radius 1 is 1.13 bits per heavy atom. The third kappa shape index (κ3) is 3.93. The van der Waals surface area contributed by atoms with Crippen LogP contribution in [0.1, 0.15) is 32.3 Å². The molecule has 0 bridgehead atoms. The van der Waals surface area contributed by atoms with Crippen LogP contribution in [-0.2, 0) is 0 Å². The molecule has 0 spiro atoms. The molecule has 0 aliphatic carbocycles. The Labute approximate surface area is 101 Å². The summed E-state index contributed by atoms with van der Waals surface area (Å²) in [6, 6.07) is 10.1. The zero-order valence-electron chi connectivity index (χ0n) is 9.18. The van der Waals surface area contributed by atoms with Crippen molar-refractivity contribution in [3.8, 4) is 11.8 Å². The molecule has 0 aliphatic rings. The van der Waals surface area contributed by atoms with Crippen LogP contribution in [0.2, 0.25) is 0 Å². The molecule has 0 N–H and O–H groups in total. The van der Waals surface area contributed by atoms with Gasteiger partial charge in [-0.1, -0.05) is 59.8 Å². The Morgan fingerprint density at radius 2 is 1.80 bits per heavy atom. The fourth-order valence-electron chi connectivity index (χ4n) is 1.23. The second-order valence-corrected chi connectivity index (χ2v) is 4.16. The van der Waals surface area contributed by atoms with Crippen molar-refractivity contribution in [2.45, 2.75) is 26.7 Å². The highest BCUT2D eigenvalue weighted by molar-refractivity contribution is 9.11. The van der Waals surface area contributed by atoms with Crippen LogP contribution in [0.4, 0.5) is 0 Å². The van der Waals surface area contributed by atoms with Crippen LogP contribution in [0.5, 0.6) is 0 Å². The first-order chi connectivity index (χ1) is 7.27. The highest BCUT2D eigenvalue weighted by Gasteiger charge is 1.95. The van der Waals surface area contributed by atoms with Crippen molar-refractivity contribution in [3.05, 3.63) is 46.0 Å². The lowest BCUT2D eigenvalue weighted by Crippen LogP contribution is -1.81. The minimum absolute atomic E-state index is 0.980. The number of rotatable bonds is 2. The van der Waals surface area contributed by atoms with Gasteiger partial charge in [-0.25, -0.2) is 0 Å². The summed E-state index contributed by atoms with van der Waals surface area (Å²) < 4.78 is 1.22. The molecule has 0 heterocycles. The minimum atomic E-state index is 0.980. The van der Waals surface area contributed by atoms with Gasteiger partial charge in [-0.3, -0.25) is 0 Å². The third-order valence-electron chi connectivity index (χ3n) is 2.12. The molecule has 78 valence electrons. The predicted molar refractivity (Wildman–Crippen MR) is 69.9 cm³/mol. The van der Waals surface area contributed by atoms with Gasteiger partial charge in [-0.05, 0) is 25.0 Å². The van der Waals surface area contributed by atoms with E-state index in [2.05, 4.69) is 41.6 Å². The van der Waals surface area contributed by atoms with Gasteiger partial charge in [0, 0.05) is 15.6 Å². The lowest BCUT2D eigenvalue weighted by atomic mass is 10.1. The molecule has 0 radical (unpaired) electrons. The fraction of sp³-hybridized carbons (Fsp3) is 0.286. The second-order valence-electron chi connectivity index (χ2n) is 3.21. The van der Waals surface area contributed by atoms with Crippen LogP contribution in [0.25, 0.3) is 0 Å². The van der Waals surface area contributed by atoms with Crippen LogP contribution in [0, 0.1) is 11.8 Å². The van der Waals surface area contributed by atoms with Gasteiger partial charge in [0.1, 0.15) is 0 Å². The van der Waals surface area contributed by atoms with E-state index in [-0.39, 0.29) is 0 Å². The van der Waals surface area contributed by atoms with Crippen molar-refractivity contribution in [3.63, 3.8) is 0 Å². The van der Waals surface area contributed by atoms with Gasteiger partial charge in [0.2, 0.25) is 0 Å². The topological polar surface area (TPSA) is 0 Å². The SMILES string of the molecule is CC/C(Br)=C(/C#Cc1ccccc1)CC. The van der Waals surface area contributed by atoms with Gasteiger partial charge in [0.05, 0.1) is 0 Å². The van der Waals surface area contributed by atoms with Crippen molar-refractivity contribution < 1.29 is 0 Å². The van der Waals surface area contributed by atoms with Gasteiger partial charge in [-0.15, -0.1) is 0 Å². The Kier molecular flexibility index (Phi) is 5.21. The monoisotopic (exact) mass is 262 g/mol. The standard InChI is InChI=1S/C14H15Br/c1-3-13(14(15)4-2)11-10-12-8-6-5-7-9-12/h5-9H,3-4H2,1-2H3/b14-13-. The Balaban J connectivity index is 2.90. The summed E-state index contributed by atoms with van der Waals surface area (Å²) in [5.41, 5.74) is 2.27. The Morgan fingerprint density at radius 3 is 2.33 bits per heavy atom. The molecule has 1 aromatic rings. The maximum Gasteiger partial charge on any atom is 0.0248 e. The van der Waals surface area contributed by atoms with Crippen LogP contribution >= 0.6 is 15.9 Å². The van der Waals surface area contributed by atoms with E-state index < -0.39 is 0 Å². The zero-order chi connectivity index (χ0) is 11.1. The maximum atomic E-state index is 3.55. The molecule has 0 aromatic heterocycles. The van der Waals surface area contributed by atoms with Crippen LogP contribution in [0.3, 0.4) is 0 Å². The van der Waals surface area contributed by atoms with E-state index in [0.717, 1.165) is 18.4 Å². The average Bonchev–Trinajstić information content (AvgIpc) is 2.31. The molecule has 0 unspecified atom stereocenters. The molecule has 0 atom stereocenters. The van der Waals surface area contributed by atoms with Crippen LogP contribution < -0.4 is 0 Å². The quantitative estimate of drug-likeness (QED) is 0.689. The number of hydrogen-bond donors (Lipinski definition) is 0. The lowest BCUT2D eigenvalue weighted by Gasteiger charge is -1.98. The van der Waals surface area contributed by atoms with Gasteiger partial charge >= 0.3 is 0 Å². The van der Waals surface area contributed by atoms with Crippen LogP contribution in [-0.4, -0.2) is 0 Å². The van der Waals surface area contributed by atoms with Gasteiger partial charge in [0.15, 0.2) is 0 Å². The van der Waals surface area contributed by atoms with E-state index >= 15 is 0 Å². The van der Waals surface area contributed by atoms with E-state index in [0.29, 0.717) is 0 Å². The number of hydrogen-bond acceptors (Lipinski definition) is 0. The first kappa shape index (κ1) is 12.1. The Bertz CT molecular complexity index is 390. The molecule has 0 aliphatic heterocycles. The molecule has 0 amide bonds. The second kappa shape index (κ2) is 6.48. The third-order valence-corrected chi connectivity index (χ3v) is 3.16. The van der Waals surface area contributed by atoms with Gasteiger partial charge < -0.3 is 0 Å². The first-order valence-corrected chi connectivity index (χ1v) is 6.01. The molecular formula is C14H15Br. The first-order valence-electron chi connectivity index (χ1n) is 5.22. The molecule has 15 heavy (non-hydrogen) atoms. The van der Waals surface area contributed by atoms with E-state index in [1.54, 1.807) is 0 Å². The predicted octanol–water partition coefficient (Wildman–Crippen LogP) is 4.51. The fourth-order valence-corrected chi connectivity index (χ4v) is 1.61. The molecular weight excluding hydrogens is 248 g/mol. The molecule has 1 rings (SSSR count). The Hall–Kier alpha value is -1.00.